The zero-order chi connectivity index (χ0) is 14.5. The summed E-state index contributed by atoms with van der Waals surface area (Å²) >= 11 is 3.55. The van der Waals surface area contributed by atoms with Crippen molar-refractivity contribution < 1.29 is 0 Å². The summed E-state index contributed by atoms with van der Waals surface area (Å²) in [6.07, 6.45) is 1.06. The van der Waals surface area contributed by atoms with Gasteiger partial charge in [0.15, 0.2) is 0 Å². The molecule has 1 heterocycles. The first-order chi connectivity index (χ1) is 9.58. The quantitative estimate of drug-likeness (QED) is 0.849. The Bertz CT molecular complexity index is 598. The molecule has 0 bridgehead atoms. The van der Waals surface area contributed by atoms with E-state index >= 15 is 0 Å². The van der Waals surface area contributed by atoms with E-state index in [1.807, 2.05) is 19.1 Å². The number of anilines is 3. The smallest absolute Gasteiger partial charge is 0.136 e. The third-order valence-corrected chi connectivity index (χ3v) is 3.47. The summed E-state index contributed by atoms with van der Waals surface area (Å²) in [5.74, 6) is 2.39. The van der Waals surface area contributed by atoms with Gasteiger partial charge in [-0.2, -0.15) is 0 Å². The predicted molar refractivity (Wildman–Crippen MR) is 87.7 cm³/mol. The Hall–Kier alpha value is -1.62. The van der Waals surface area contributed by atoms with E-state index in [0.29, 0.717) is 0 Å². The second-order valence-electron chi connectivity index (χ2n) is 4.72. The first-order valence-electron chi connectivity index (χ1n) is 6.71. The molecule has 0 saturated carbocycles. The van der Waals surface area contributed by atoms with E-state index in [9.17, 15) is 0 Å². The number of nitrogens with one attached hydrogen (secondary N) is 2. The van der Waals surface area contributed by atoms with Gasteiger partial charge in [-0.1, -0.05) is 13.0 Å². The fourth-order valence-electron chi connectivity index (χ4n) is 1.85. The molecule has 0 radical (unpaired) electrons. The molecule has 5 heteroatoms. The van der Waals surface area contributed by atoms with Crippen molar-refractivity contribution in [2.24, 2.45) is 0 Å². The van der Waals surface area contributed by atoms with E-state index < -0.39 is 0 Å². The summed E-state index contributed by atoms with van der Waals surface area (Å²) in [6.45, 7) is 7.00. The molecule has 0 fully saturated rings. The molecule has 0 unspecified atom stereocenters. The number of hydrogen-bond acceptors (Lipinski definition) is 4. The number of halogens is 1. The summed E-state index contributed by atoms with van der Waals surface area (Å²) in [6, 6.07) is 8.11. The zero-order valence-electron chi connectivity index (χ0n) is 12.0. The summed E-state index contributed by atoms with van der Waals surface area (Å²) in [4.78, 5) is 8.80. The Morgan fingerprint density at radius 1 is 1.10 bits per heavy atom. The van der Waals surface area contributed by atoms with Crippen LogP contribution in [0.15, 0.2) is 28.7 Å². The maximum absolute atomic E-state index is 4.42. The van der Waals surface area contributed by atoms with Crippen LogP contribution in [0.25, 0.3) is 0 Å². The van der Waals surface area contributed by atoms with Crippen LogP contribution in [0.1, 0.15) is 24.7 Å². The third-order valence-electron chi connectivity index (χ3n) is 2.78. The van der Waals surface area contributed by atoms with Gasteiger partial charge < -0.3 is 10.6 Å². The van der Waals surface area contributed by atoms with E-state index in [2.05, 4.69) is 62.5 Å². The van der Waals surface area contributed by atoms with Gasteiger partial charge in [0.25, 0.3) is 0 Å². The maximum Gasteiger partial charge on any atom is 0.136 e. The van der Waals surface area contributed by atoms with Crippen LogP contribution < -0.4 is 10.6 Å². The highest BCUT2D eigenvalue weighted by Crippen LogP contribution is 2.26. The van der Waals surface area contributed by atoms with Crippen LogP contribution in [-0.2, 0) is 0 Å². The number of benzene rings is 1. The maximum atomic E-state index is 4.42. The van der Waals surface area contributed by atoms with Crippen LogP contribution in [0.3, 0.4) is 0 Å². The minimum Gasteiger partial charge on any atom is -0.370 e. The molecule has 0 aliphatic rings. The number of aromatic nitrogens is 2. The van der Waals surface area contributed by atoms with Gasteiger partial charge in [0, 0.05) is 17.1 Å². The molecule has 2 aromatic rings. The lowest BCUT2D eigenvalue weighted by atomic mass is 10.2. The van der Waals surface area contributed by atoms with Crippen molar-refractivity contribution in [1.82, 2.24) is 9.97 Å². The van der Waals surface area contributed by atoms with Crippen molar-refractivity contribution in [2.45, 2.75) is 27.2 Å². The highest BCUT2D eigenvalue weighted by molar-refractivity contribution is 9.10. The van der Waals surface area contributed by atoms with Gasteiger partial charge in [-0.25, -0.2) is 9.97 Å². The van der Waals surface area contributed by atoms with Crippen molar-refractivity contribution in [1.29, 1.82) is 0 Å². The summed E-state index contributed by atoms with van der Waals surface area (Å²) in [5, 5.41) is 6.62. The standard InChI is InChI=1S/C15H19BrN4/c1-4-7-17-14-9-15(19-11(3)18-14)20-13-8-10(2)5-6-12(13)16/h5-6,8-9H,4,7H2,1-3H3,(H2,17,18,19,20). The van der Waals surface area contributed by atoms with Crippen LogP contribution in [-0.4, -0.2) is 16.5 Å². The molecule has 4 nitrogen and oxygen atoms in total. The van der Waals surface area contributed by atoms with Crippen molar-refractivity contribution >= 4 is 33.3 Å². The monoisotopic (exact) mass is 334 g/mol. The minimum atomic E-state index is 0.748. The second-order valence-corrected chi connectivity index (χ2v) is 5.58. The Balaban J connectivity index is 2.24. The Morgan fingerprint density at radius 3 is 2.60 bits per heavy atom. The van der Waals surface area contributed by atoms with Gasteiger partial charge in [0.2, 0.25) is 0 Å². The van der Waals surface area contributed by atoms with E-state index in [1.54, 1.807) is 0 Å². The molecule has 2 N–H and O–H groups in total. The first-order valence-corrected chi connectivity index (χ1v) is 7.50. The fourth-order valence-corrected chi connectivity index (χ4v) is 2.19. The summed E-state index contributed by atoms with van der Waals surface area (Å²) in [7, 11) is 0. The van der Waals surface area contributed by atoms with E-state index in [1.165, 1.54) is 5.56 Å². The van der Waals surface area contributed by atoms with E-state index in [4.69, 9.17) is 0 Å². The molecule has 0 amide bonds. The highest BCUT2D eigenvalue weighted by atomic mass is 79.9. The van der Waals surface area contributed by atoms with Gasteiger partial charge in [-0.15, -0.1) is 0 Å². The minimum absolute atomic E-state index is 0.748. The van der Waals surface area contributed by atoms with Gasteiger partial charge in [-0.3, -0.25) is 0 Å². The molecule has 0 atom stereocenters. The van der Waals surface area contributed by atoms with Crippen molar-refractivity contribution in [2.75, 3.05) is 17.2 Å². The summed E-state index contributed by atoms with van der Waals surface area (Å²) in [5.41, 5.74) is 2.20. The molecule has 0 spiro atoms. The Labute approximate surface area is 128 Å². The van der Waals surface area contributed by atoms with Crippen LogP contribution in [0.4, 0.5) is 17.3 Å². The third kappa shape index (κ3) is 3.93. The lowest BCUT2D eigenvalue weighted by Crippen LogP contribution is -2.05. The molecule has 20 heavy (non-hydrogen) atoms. The molecule has 2 rings (SSSR count). The van der Waals surface area contributed by atoms with Crippen LogP contribution in [0.2, 0.25) is 0 Å². The number of aryl methyl sites for hydroxylation is 2. The molecule has 0 aliphatic heterocycles. The SMILES string of the molecule is CCCNc1cc(Nc2cc(C)ccc2Br)nc(C)n1. The van der Waals surface area contributed by atoms with Crippen LogP contribution >= 0.6 is 15.9 Å². The molecule has 1 aromatic heterocycles. The van der Waals surface area contributed by atoms with E-state index in [0.717, 1.165) is 40.6 Å². The molecular formula is C15H19BrN4. The largest absolute Gasteiger partial charge is 0.370 e. The lowest BCUT2D eigenvalue weighted by Gasteiger charge is -2.11. The van der Waals surface area contributed by atoms with E-state index in [-0.39, 0.29) is 0 Å². The highest BCUT2D eigenvalue weighted by Gasteiger charge is 2.05. The molecule has 1 aromatic carbocycles. The molecular weight excluding hydrogens is 316 g/mol. The average molecular weight is 335 g/mol. The Kier molecular flexibility index (Phi) is 4.95. The molecule has 106 valence electrons. The Morgan fingerprint density at radius 2 is 1.85 bits per heavy atom. The molecule has 0 saturated heterocycles. The number of nitrogens with zero attached hydrogens (tertiary/aromatic N) is 2. The van der Waals surface area contributed by atoms with Crippen molar-refractivity contribution in [3.05, 3.63) is 40.1 Å². The topological polar surface area (TPSA) is 49.8 Å². The van der Waals surface area contributed by atoms with Gasteiger partial charge >= 0.3 is 0 Å². The number of rotatable bonds is 5. The normalized spacial score (nSPS) is 10.4. The second kappa shape index (κ2) is 6.70. The summed E-state index contributed by atoms with van der Waals surface area (Å²) < 4.78 is 1.02. The predicted octanol–water partition coefficient (Wildman–Crippen LogP) is 4.42. The van der Waals surface area contributed by atoms with Crippen molar-refractivity contribution in [3.63, 3.8) is 0 Å². The lowest BCUT2D eigenvalue weighted by molar-refractivity contribution is 0.955. The molecule has 0 aliphatic carbocycles. The van der Waals surface area contributed by atoms with Crippen LogP contribution in [0.5, 0.6) is 0 Å². The first kappa shape index (κ1) is 14.8. The average Bonchev–Trinajstić information content (AvgIpc) is 2.40. The van der Waals surface area contributed by atoms with Gasteiger partial charge in [-0.05, 0) is 53.9 Å². The van der Waals surface area contributed by atoms with Crippen molar-refractivity contribution in [3.8, 4) is 0 Å². The van der Waals surface area contributed by atoms with Crippen LogP contribution in [0, 0.1) is 13.8 Å². The zero-order valence-corrected chi connectivity index (χ0v) is 13.6. The van der Waals surface area contributed by atoms with Gasteiger partial charge in [0.1, 0.15) is 17.5 Å². The number of hydrogen-bond donors (Lipinski definition) is 2. The van der Waals surface area contributed by atoms with Gasteiger partial charge in [0.05, 0.1) is 5.69 Å². The fraction of sp³-hybridized carbons (Fsp3) is 0.333.